The topological polar surface area (TPSA) is 62.8 Å². The summed E-state index contributed by atoms with van der Waals surface area (Å²) in [5.74, 6) is 0. The van der Waals surface area contributed by atoms with Gasteiger partial charge in [0.15, 0.2) is 5.58 Å². The Balaban J connectivity index is 1.68. The van der Waals surface area contributed by atoms with Crippen molar-refractivity contribution < 1.29 is 4.42 Å². The fourth-order valence-electron chi connectivity index (χ4n) is 2.08. The summed E-state index contributed by atoms with van der Waals surface area (Å²) in [7, 11) is 0. The molecule has 0 aliphatic carbocycles. The van der Waals surface area contributed by atoms with E-state index in [1.165, 1.54) is 0 Å². The van der Waals surface area contributed by atoms with Crippen molar-refractivity contribution in [2.24, 2.45) is 9.98 Å². The van der Waals surface area contributed by atoms with Gasteiger partial charge in [0.1, 0.15) is 5.52 Å². The molecule has 5 nitrogen and oxygen atoms in total. The molecule has 19 heavy (non-hydrogen) atoms. The Labute approximate surface area is 108 Å². The third-order valence-corrected chi connectivity index (χ3v) is 2.95. The molecule has 0 atom stereocenters. The van der Waals surface area contributed by atoms with Crippen molar-refractivity contribution in [3.8, 4) is 0 Å². The van der Waals surface area contributed by atoms with E-state index < -0.39 is 0 Å². The molecule has 4 rings (SSSR count). The highest BCUT2D eigenvalue weighted by molar-refractivity contribution is 5.74. The summed E-state index contributed by atoms with van der Waals surface area (Å²) in [4.78, 5) is 13.2. The highest BCUT2D eigenvalue weighted by Gasteiger charge is 2.12. The zero-order chi connectivity index (χ0) is 12.7. The van der Waals surface area contributed by atoms with Crippen LogP contribution in [0.2, 0.25) is 0 Å². The number of fused-ring (bicyclic) bond motifs is 2. The van der Waals surface area contributed by atoms with Crippen LogP contribution < -0.4 is 16.0 Å². The number of benzene rings is 2. The standard InChI is InChI=1S/C14H10N4O/c1-2-6-10-9(5-1)15-13(16-10)18-14-17-11-7-3-4-8-12(11)19-14/h1-8,13H,(H,17,18). The second-order valence-corrected chi connectivity index (χ2v) is 4.25. The maximum absolute atomic E-state index is 5.59. The minimum Gasteiger partial charge on any atom is -0.423 e. The summed E-state index contributed by atoms with van der Waals surface area (Å²) >= 11 is 0. The van der Waals surface area contributed by atoms with E-state index in [0.717, 1.165) is 21.8 Å². The first kappa shape index (κ1) is 10.3. The summed E-state index contributed by atoms with van der Waals surface area (Å²) in [5, 5.41) is 4.84. The maximum atomic E-state index is 5.59. The molecule has 5 heteroatoms. The van der Waals surface area contributed by atoms with Gasteiger partial charge in [0, 0.05) is 0 Å². The van der Waals surface area contributed by atoms with E-state index in [9.17, 15) is 0 Å². The molecule has 0 fully saturated rings. The van der Waals surface area contributed by atoms with Gasteiger partial charge in [0.25, 0.3) is 6.01 Å². The summed E-state index contributed by atoms with van der Waals surface area (Å²) in [6, 6.07) is 15.8. The molecule has 0 saturated heterocycles. The molecule has 0 radical (unpaired) electrons. The smallest absolute Gasteiger partial charge is 0.298 e. The van der Waals surface area contributed by atoms with E-state index in [4.69, 9.17) is 4.42 Å². The molecule has 2 aromatic carbocycles. The summed E-state index contributed by atoms with van der Waals surface area (Å²) in [6.45, 7) is 0. The zero-order valence-corrected chi connectivity index (χ0v) is 9.95. The maximum Gasteiger partial charge on any atom is 0.298 e. The fraction of sp³-hybridized carbons (Fsp3) is 0.0714. The Hall–Kier alpha value is -2.69. The number of rotatable bonds is 2. The van der Waals surface area contributed by atoms with Crippen molar-refractivity contribution in [1.29, 1.82) is 0 Å². The summed E-state index contributed by atoms with van der Waals surface area (Å²) in [6.07, 6.45) is -0.370. The second kappa shape index (κ2) is 3.91. The molecule has 0 spiro atoms. The van der Waals surface area contributed by atoms with E-state index in [0.29, 0.717) is 6.01 Å². The number of hydrogen-bond acceptors (Lipinski definition) is 5. The van der Waals surface area contributed by atoms with Crippen LogP contribution in [0.5, 0.6) is 0 Å². The Morgan fingerprint density at radius 1 is 0.895 bits per heavy atom. The van der Waals surface area contributed by atoms with Crippen molar-refractivity contribution in [2.45, 2.75) is 6.29 Å². The van der Waals surface area contributed by atoms with Crippen molar-refractivity contribution in [3.05, 3.63) is 59.2 Å². The predicted molar refractivity (Wildman–Crippen MR) is 70.2 cm³/mol. The summed E-state index contributed by atoms with van der Waals surface area (Å²) in [5.41, 5.74) is 1.57. The monoisotopic (exact) mass is 250 g/mol. The van der Waals surface area contributed by atoms with Gasteiger partial charge in [-0.3, -0.25) is 5.32 Å². The van der Waals surface area contributed by atoms with Crippen LogP contribution in [0, 0.1) is 0 Å². The summed E-state index contributed by atoms with van der Waals surface area (Å²) < 4.78 is 5.59. The average molecular weight is 250 g/mol. The van der Waals surface area contributed by atoms with Crippen LogP contribution in [0.25, 0.3) is 11.1 Å². The lowest BCUT2D eigenvalue weighted by molar-refractivity contribution is 0.599. The number of hydrogen-bond donors (Lipinski definition) is 1. The number of nitrogens with one attached hydrogen (secondary N) is 1. The normalized spacial score (nSPS) is 13.9. The predicted octanol–water partition coefficient (Wildman–Crippen LogP) is 1.48. The molecule has 1 N–H and O–H groups in total. The lowest BCUT2D eigenvalue weighted by atomic mass is 10.3. The number of aromatic nitrogens is 1. The van der Waals surface area contributed by atoms with Gasteiger partial charge < -0.3 is 4.42 Å². The zero-order valence-electron chi connectivity index (χ0n) is 9.95. The van der Waals surface area contributed by atoms with Gasteiger partial charge in [-0.2, -0.15) is 4.98 Å². The Morgan fingerprint density at radius 3 is 2.32 bits per heavy atom. The van der Waals surface area contributed by atoms with E-state index in [1.807, 2.05) is 48.5 Å². The van der Waals surface area contributed by atoms with Gasteiger partial charge in [0.05, 0.1) is 10.7 Å². The quantitative estimate of drug-likeness (QED) is 0.749. The molecule has 0 bridgehead atoms. The van der Waals surface area contributed by atoms with Crippen molar-refractivity contribution in [3.63, 3.8) is 0 Å². The minimum absolute atomic E-state index is 0.370. The second-order valence-electron chi connectivity index (χ2n) is 4.25. The van der Waals surface area contributed by atoms with Crippen LogP contribution >= 0.6 is 0 Å². The molecular formula is C14H10N4O. The van der Waals surface area contributed by atoms with Gasteiger partial charge in [-0.1, -0.05) is 24.3 Å². The highest BCUT2D eigenvalue weighted by Crippen LogP contribution is 2.18. The third-order valence-electron chi connectivity index (χ3n) is 2.95. The first-order valence-electron chi connectivity index (χ1n) is 6.01. The highest BCUT2D eigenvalue weighted by atomic mass is 16.4. The fourth-order valence-corrected chi connectivity index (χ4v) is 2.08. The number of nitrogens with zero attached hydrogens (tertiary/aromatic N) is 3. The average Bonchev–Trinajstić information content (AvgIpc) is 3.00. The van der Waals surface area contributed by atoms with E-state index in [2.05, 4.69) is 20.3 Å². The Kier molecular flexibility index (Phi) is 2.11. The largest absolute Gasteiger partial charge is 0.423 e. The lowest BCUT2D eigenvalue weighted by Crippen LogP contribution is -2.19. The van der Waals surface area contributed by atoms with Gasteiger partial charge >= 0.3 is 0 Å². The number of anilines is 1. The number of para-hydroxylation sites is 4. The molecule has 1 aromatic heterocycles. The molecule has 0 saturated carbocycles. The van der Waals surface area contributed by atoms with Crippen molar-refractivity contribution in [2.75, 3.05) is 5.32 Å². The third kappa shape index (κ3) is 1.76. The molecule has 0 unspecified atom stereocenters. The van der Waals surface area contributed by atoms with Crippen LogP contribution in [0.15, 0.2) is 62.9 Å². The Morgan fingerprint density at radius 2 is 1.58 bits per heavy atom. The van der Waals surface area contributed by atoms with Crippen LogP contribution in [-0.4, -0.2) is 11.3 Å². The van der Waals surface area contributed by atoms with Crippen LogP contribution in [0.1, 0.15) is 0 Å². The van der Waals surface area contributed by atoms with E-state index in [1.54, 1.807) is 0 Å². The van der Waals surface area contributed by atoms with E-state index in [-0.39, 0.29) is 6.29 Å². The SMILES string of the molecule is c1ccc2c(c1)=NC(Nc1nc3ccccc3o1)N=2. The van der Waals surface area contributed by atoms with Crippen LogP contribution in [0.3, 0.4) is 0 Å². The minimum atomic E-state index is -0.370. The molecule has 92 valence electrons. The molecule has 1 aliphatic rings. The van der Waals surface area contributed by atoms with Crippen LogP contribution in [0.4, 0.5) is 6.01 Å². The van der Waals surface area contributed by atoms with Gasteiger partial charge in [-0.25, -0.2) is 9.98 Å². The van der Waals surface area contributed by atoms with Crippen molar-refractivity contribution >= 4 is 17.1 Å². The first-order chi connectivity index (χ1) is 9.38. The van der Waals surface area contributed by atoms with E-state index >= 15 is 0 Å². The van der Waals surface area contributed by atoms with Gasteiger partial charge in [0.2, 0.25) is 6.29 Å². The molecule has 2 heterocycles. The molecule has 1 aliphatic heterocycles. The number of oxazole rings is 1. The van der Waals surface area contributed by atoms with Crippen LogP contribution in [-0.2, 0) is 0 Å². The van der Waals surface area contributed by atoms with Gasteiger partial charge in [-0.15, -0.1) is 0 Å². The Bertz CT molecular complexity index is 800. The van der Waals surface area contributed by atoms with Crippen molar-refractivity contribution in [1.82, 2.24) is 4.98 Å². The molecular weight excluding hydrogens is 240 g/mol. The van der Waals surface area contributed by atoms with Gasteiger partial charge in [-0.05, 0) is 24.3 Å². The first-order valence-corrected chi connectivity index (χ1v) is 6.01. The lowest BCUT2D eigenvalue weighted by Gasteiger charge is -2.02. The molecule has 3 aromatic rings. The molecule has 0 amide bonds.